The van der Waals surface area contributed by atoms with E-state index in [0.29, 0.717) is 5.70 Å². The first-order valence-corrected chi connectivity index (χ1v) is 14.6. The van der Waals surface area contributed by atoms with Gasteiger partial charge in [-0.05, 0) is 92.2 Å². The third-order valence-electron chi connectivity index (χ3n) is 7.19. The van der Waals surface area contributed by atoms with Gasteiger partial charge in [0.05, 0.1) is 5.35 Å². The second kappa shape index (κ2) is 16.1. The van der Waals surface area contributed by atoms with Gasteiger partial charge < -0.3 is 16.0 Å². The number of aryl methyl sites for hydroxylation is 3. The van der Waals surface area contributed by atoms with Crippen LogP contribution in [-0.4, -0.2) is 35.0 Å². The van der Waals surface area contributed by atoms with E-state index < -0.39 is 0 Å². The Kier molecular flexibility index (Phi) is 12.3. The maximum Gasteiger partial charge on any atom is 0.108 e. The van der Waals surface area contributed by atoms with Crippen molar-refractivity contribution in [2.75, 3.05) is 14.1 Å². The van der Waals surface area contributed by atoms with Crippen molar-refractivity contribution in [1.29, 1.82) is 0 Å². The first-order chi connectivity index (χ1) is 20.4. The number of benzene rings is 1. The Hall–Kier alpha value is -4.40. The van der Waals surface area contributed by atoms with Crippen molar-refractivity contribution in [3.63, 3.8) is 0 Å². The summed E-state index contributed by atoms with van der Waals surface area (Å²) in [6.45, 7) is 15.0. The molecule has 3 aromatic rings. The van der Waals surface area contributed by atoms with Crippen LogP contribution < -0.4 is 21.6 Å². The molecule has 0 fully saturated rings. The quantitative estimate of drug-likeness (QED) is 0.328. The molecule has 1 atom stereocenters. The number of aromatic nitrogens is 2. The number of fused-ring (bicyclic) bond motifs is 2. The summed E-state index contributed by atoms with van der Waals surface area (Å²) < 4.78 is 0. The smallest absolute Gasteiger partial charge is 0.108 e. The molecule has 3 N–H and O–H groups in total. The largest absolute Gasteiger partial charge is 0.400 e. The number of likely N-dealkylation sites (N-methyl/N-ethyl adjacent to an activating group) is 1. The van der Waals surface area contributed by atoms with E-state index in [0.717, 1.165) is 49.9 Å². The molecule has 0 saturated heterocycles. The van der Waals surface area contributed by atoms with E-state index in [4.69, 9.17) is 10.7 Å². The number of nitrogens with zero attached hydrogens (tertiary/aromatic N) is 3. The minimum atomic E-state index is -0.171. The van der Waals surface area contributed by atoms with Crippen molar-refractivity contribution in [2.24, 2.45) is 5.73 Å². The number of nitrogens with two attached hydrogens (primary N) is 1. The van der Waals surface area contributed by atoms with Crippen LogP contribution in [0.1, 0.15) is 59.7 Å². The second-order valence-electron chi connectivity index (χ2n) is 10.4. The van der Waals surface area contributed by atoms with Crippen LogP contribution in [0.4, 0.5) is 0 Å². The normalized spacial score (nSPS) is 14.3. The minimum Gasteiger partial charge on any atom is -0.400 e. The van der Waals surface area contributed by atoms with Crippen molar-refractivity contribution in [3.05, 3.63) is 124 Å². The van der Waals surface area contributed by atoms with Gasteiger partial charge in [0, 0.05) is 54.2 Å². The van der Waals surface area contributed by atoms with E-state index in [1.807, 2.05) is 12.1 Å². The number of pyridine rings is 2. The zero-order chi connectivity index (χ0) is 30.5. The maximum absolute atomic E-state index is 5.54. The third kappa shape index (κ3) is 8.55. The molecule has 0 amide bonds. The molecule has 218 valence electrons. The standard InChI is InChI=1S/C24H28N2.C11H13N3.C2H4/c1-4-7-24-22-15-18(11-13-20(22)16-26(24)3)10-12-19-14-17(2)25-23-9-6-5-8-21(19)23;1-9(12)11(13-2)6-5-10-4-3-7-14-8-10;1-2/h7-9,11,13-15H,4-6,10,12,16H2,1-3H3;3-4,7-8,11,13H,1,12H2,2H3;1-2H2/b24-7-;;. The lowest BCUT2D eigenvalue weighted by molar-refractivity contribution is 0.499. The Balaban J connectivity index is 0.000000257. The van der Waals surface area contributed by atoms with Gasteiger partial charge in [-0.1, -0.05) is 55.7 Å². The van der Waals surface area contributed by atoms with Crippen molar-refractivity contribution in [2.45, 2.75) is 58.5 Å². The molecule has 1 aromatic carbocycles. The van der Waals surface area contributed by atoms with Crippen LogP contribution in [-0.2, 0) is 19.4 Å². The van der Waals surface area contributed by atoms with E-state index in [-0.39, 0.29) is 6.04 Å². The Morgan fingerprint density at radius 1 is 1.17 bits per heavy atom. The highest BCUT2D eigenvalue weighted by Gasteiger charge is 2.20. The van der Waals surface area contributed by atoms with Crippen molar-refractivity contribution in [1.82, 2.24) is 20.2 Å². The van der Waals surface area contributed by atoms with Crippen LogP contribution in [0.5, 0.6) is 0 Å². The van der Waals surface area contributed by atoms with Crippen molar-refractivity contribution < 1.29 is 0 Å². The Morgan fingerprint density at radius 3 is 2.64 bits per heavy atom. The fraction of sp³-hybridized carbons (Fsp3) is 0.297. The molecule has 0 bridgehead atoms. The number of hydrogen-bond donors (Lipinski definition) is 2. The molecule has 0 saturated carbocycles. The zero-order valence-electron chi connectivity index (χ0n) is 25.7. The van der Waals surface area contributed by atoms with Crippen molar-refractivity contribution >= 4 is 17.8 Å². The summed E-state index contributed by atoms with van der Waals surface area (Å²) in [7, 11) is 3.99. The molecule has 5 rings (SSSR count). The van der Waals surface area contributed by atoms with Gasteiger partial charge in [0.2, 0.25) is 0 Å². The average molecular weight is 560 g/mol. The third-order valence-corrected chi connectivity index (χ3v) is 7.19. The van der Waals surface area contributed by atoms with Crippen molar-refractivity contribution in [3.8, 4) is 11.8 Å². The first kappa shape index (κ1) is 32.1. The van der Waals surface area contributed by atoms with Crippen LogP contribution in [0.25, 0.3) is 17.8 Å². The highest BCUT2D eigenvalue weighted by atomic mass is 15.1. The van der Waals surface area contributed by atoms with Gasteiger partial charge in [-0.15, -0.1) is 13.2 Å². The Labute approximate surface area is 252 Å². The maximum atomic E-state index is 5.54. The fourth-order valence-corrected chi connectivity index (χ4v) is 5.21. The van der Waals surface area contributed by atoms with Crippen LogP contribution in [0.3, 0.4) is 0 Å². The van der Waals surface area contributed by atoms with Crippen LogP contribution in [0.15, 0.2) is 80.3 Å². The van der Waals surface area contributed by atoms with Gasteiger partial charge in [-0.25, -0.2) is 0 Å². The summed E-state index contributed by atoms with van der Waals surface area (Å²) in [5, 5.41) is 5.51. The molecule has 2 aromatic heterocycles. The summed E-state index contributed by atoms with van der Waals surface area (Å²) >= 11 is 0. The summed E-state index contributed by atoms with van der Waals surface area (Å²) in [6.07, 6.45) is 15.9. The Bertz CT molecular complexity index is 1570. The molecule has 1 aliphatic heterocycles. The summed E-state index contributed by atoms with van der Waals surface area (Å²) in [5.74, 6) is 5.92. The summed E-state index contributed by atoms with van der Waals surface area (Å²) in [6, 6.07) is 12.9. The fourth-order valence-electron chi connectivity index (χ4n) is 5.21. The SMILES string of the molecule is C=C.C=C(N)C(C#Cc1cccnc1)NC.CC/C=C1/c2cc(CCc3cc(C)nc4c3=CCCC=4)ccc2CN1C. The summed E-state index contributed by atoms with van der Waals surface area (Å²) in [5.41, 5.74) is 15.2. The van der Waals surface area contributed by atoms with Gasteiger partial charge in [0.25, 0.3) is 0 Å². The van der Waals surface area contributed by atoms with Gasteiger partial charge in [0.15, 0.2) is 0 Å². The molecule has 2 aliphatic rings. The van der Waals surface area contributed by atoms with Crippen LogP contribution in [0, 0.1) is 18.8 Å². The number of rotatable bonds is 6. The van der Waals surface area contributed by atoms with Gasteiger partial charge in [-0.3, -0.25) is 9.97 Å². The highest BCUT2D eigenvalue weighted by molar-refractivity contribution is 5.71. The van der Waals surface area contributed by atoms with E-state index in [1.54, 1.807) is 19.4 Å². The lowest BCUT2D eigenvalue weighted by atomic mass is 9.97. The zero-order valence-corrected chi connectivity index (χ0v) is 25.7. The van der Waals surface area contributed by atoms with E-state index in [9.17, 15) is 0 Å². The molecule has 3 heterocycles. The predicted octanol–water partition coefficient (Wildman–Crippen LogP) is 5.02. The minimum absolute atomic E-state index is 0.171. The van der Waals surface area contributed by atoms with E-state index in [2.05, 4.69) is 110 Å². The Morgan fingerprint density at radius 2 is 1.95 bits per heavy atom. The lowest BCUT2D eigenvalue weighted by Crippen LogP contribution is -2.34. The molecule has 42 heavy (non-hydrogen) atoms. The number of nitrogens with one attached hydrogen (secondary N) is 1. The summed E-state index contributed by atoms with van der Waals surface area (Å²) in [4.78, 5) is 11.0. The monoisotopic (exact) mass is 559 g/mol. The predicted molar refractivity (Wildman–Crippen MR) is 179 cm³/mol. The van der Waals surface area contributed by atoms with Crippen LogP contribution >= 0.6 is 0 Å². The van der Waals surface area contributed by atoms with Gasteiger partial charge in [0.1, 0.15) is 6.04 Å². The van der Waals surface area contributed by atoms with Crippen LogP contribution in [0.2, 0.25) is 0 Å². The lowest BCUT2D eigenvalue weighted by Gasteiger charge is -2.13. The molecule has 0 spiro atoms. The van der Waals surface area contributed by atoms with Gasteiger partial charge >= 0.3 is 0 Å². The molecule has 5 heteroatoms. The highest BCUT2D eigenvalue weighted by Crippen LogP contribution is 2.32. The second-order valence-corrected chi connectivity index (χ2v) is 10.4. The molecule has 5 nitrogen and oxygen atoms in total. The van der Waals surface area contributed by atoms with Gasteiger partial charge in [-0.2, -0.15) is 0 Å². The molecular weight excluding hydrogens is 514 g/mol. The molecule has 1 unspecified atom stereocenters. The molecule has 1 aliphatic carbocycles. The molecular formula is C37H45N5. The number of allylic oxidation sites excluding steroid dienone is 1. The van der Waals surface area contributed by atoms with E-state index in [1.165, 1.54) is 38.5 Å². The average Bonchev–Trinajstić information content (AvgIpc) is 3.32. The van der Waals surface area contributed by atoms with E-state index >= 15 is 0 Å². The molecule has 0 radical (unpaired) electrons. The first-order valence-electron chi connectivity index (χ1n) is 14.6. The topological polar surface area (TPSA) is 67.1 Å². The number of hydrogen-bond acceptors (Lipinski definition) is 5.